The Labute approximate surface area is 120 Å². The van der Waals surface area contributed by atoms with Gasteiger partial charge in [-0.15, -0.1) is 0 Å². The third-order valence-electron chi connectivity index (χ3n) is 3.39. The molecule has 0 amide bonds. The maximum atomic E-state index is 8.30. The van der Waals surface area contributed by atoms with E-state index < -0.39 is 0 Å². The van der Waals surface area contributed by atoms with Crippen LogP contribution in [0, 0.1) is 11.3 Å². The third-order valence-corrected chi connectivity index (χ3v) is 3.39. The van der Waals surface area contributed by atoms with Crippen molar-refractivity contribution in [3.8, 4) is 6.07 Å². The second-order valence-corrected chi connectivity index (χ2v) is 5.24. The predicted molar refractivity (Wildman–Crippen MR) is 85.0 cm³/mol. The molecular formula is C18H31N. The summed E-state index contributed by atoms with van der Waals surface area (Å²) < 4.78 is 0. The fourth-order valence-corrected chi connectivity index (χ4v) is 2.20. The van der Waals surface area contributed by atoms with Crippen LogP contribution in [0.4, 0.5) is 0 Å². The van der Waals surface area contributed by atoms with Gasteiger partial charge in [-0.25, -0.2) is 0 Å². The van der Waals surface area contributed by atoms with Crippen LogP contribution in [0.5, 0.6) is 0 Å². The summed E-state index contributed by atoms with van der Waals surface area (Å²) in [6.45, 7) is 2.27. The van der Waals surface area contributed by atoms with E-state index in [1.807, 2.05) is 12.1 Å². The van der Waals surface area contributed by atoms with Crippen molar-refractivity contribution >= 4 is 0 Å². The van der Waals surface area contributed by atoms with Crippen molar-refractivity contribution < 1.29 is 0 Å². The van der Waals surface area contributed by atoms with Crippen LogP contribution in [-0.2, 0) is 0 Å². The van der Waals surface area contributed by atoms with Crippen LogP contribution >= 0.6 is 0 Å². The van der Waals surface area contributed by atoms with Gasteiger partial charge < -0.3 is 0 Å². The molecule has 0 aliphatic rings. The Kier molecular flexibility index (Phi) is 16.1. The predicted octanol–water partition coefficient (Wildman–Crippen LogP) is 6.32. The Hall–Kier alpha value is -1.03. The molecule has 19 heavy (non-hydrogen) atoms. The van der Waals surface area contributed by atoms with Crippen molar-refractivity contribution in [2.24, 2.45) is 0 Å². The first kappa shape index (κ1) is 18.0. The van der Waals surface area contributed by atoms with E-state index in [0.717, 1.165) is 6.42 Å². The Balaban J connectivity index is 3.05. The van der Waals surface area contributed by atoms with Gasteiger partial charge in [-0.2, -0.15) is 5.26 Å². The van der Waals surface area contributed by atoms with Gasteiger partial charge >= 0.3 is 0 Å². The van der Waals surface area contributed by atoms with Gasteiger partial charge in [0.15, 0.2) is 0 Å². The van der Waals surface area contributed by atoms with E-state index in [1.165, 1.54) is 76.7 Å². The van der Waals surface area contributed by atoms with Gasteiger partial charge in [0.2, 0.25) is 0 Å². The molecule has 0 aromatic rings. The summed E-state index contributed by atoms with van der Waals surface area (Å²) in [5, 5.41) is 8.30. The lowest BCUT2D eigenvalue weighted by molar-refractivity contribution is 0.550. The maximum absolute atomic E-state index is 8.30. The molecule has 0 unspecified atom stereocenters. The molecule has 0 aliphatic carbocycles. The third kappa shape index (κ3) is 17.0. The molecule has 0 fully saturated rings. The molecule has 0 aliphatic heterocycles. The zero-order valence-electron chi connectivity index (χ0n) is 12.7. The number of allylic oxidation sites excluding steroid dienone is 4. The first-order chi connectivity index (χ1) is 9.41. The first-order valence-corrected chi connectivity index (χ1v) is 8.13. The molecule has 0 aromatic carbocycles. The second-order valence-electron chi connectivity index (χ2n) is 5.24. The highest BCUT2D eigenvalue weighted by atomic mass is 14.2. The van der Waals surface area contributed by atoms with Crippen LogP contribution in [0.1, 0.15) is 84.0 Å². The monoisotopic (exact) mass is 261 g/mol. The highest BCUT2D eigenvalue weighted by Crippen LogP contribution is 2.11. The van der Waals surface area contributed by atoms with E-state index in [-0.39, 0.29) is 0 Å². The van der Waals surface area contributed by atoms with E-state index in [0.29, 0.717) is 0 Å². The van der Waals surface area contributed by atoms with Gasteiger partial charge in [0.25, 0.3) is 0 Å². The summed E-state index contributed by atoms with van der Waals surface area (Å²) in [5.41, 5.74) is 0. The van der Waals surface area contributed by atoms with Crippen molar-refractivity contribution in [3.05, 3.63) is 24.3 Å². The number of rotatable bonds is 13. The highest BCUT2D eigenvalue weighted by Gasteiger charge is 1.92. The van der Waals surface area contributed by atoms with Crippen LogP contribution in [0.25, 0.3) is 0 Å². The number of nitrogens with zero attached hydrogens (tertiary/aromatic N) is 1. The van der Waals surface area contributed by atoms with Crippen LogP contribution in [0.2, 0.25) is 0 Å². The van der Waals surface area contributed by atoms with Crippen molar-refractivity contribution in [1.29, 1.82) is 5.26 Å². The Morgan fingerprint density at radius 2 is 1.26 bits per heavy atom. The SMILES string of the molecule is CCCCCCCCCCCCCC=CC=CC#N. The first-order valence-electron chi connectivity index (χ1n) is 8.13. The minimum Gasteiger partial charge on any atom is -0.193 e. The Morgan fingerprint density at radius 3 is 1.79 bits per heavy atom. The second kappa shape index (κ2) is 17.0. The lowest BCUT2D eigenvalue weighted by atomic mass is 10.1. The van der Waals surface area contributed by atoms with Gasteiger partial charge in [0.1, 0.15) is 0 Å². The molecule has 0 bridgehead atoms. The van der Waals surface area contributed by atoms with Crippen LogP contribution in [-0.4, -0.2) is 0 Å². The van der Waals surface area contributed by atoms with E-state index in [9.17, 15) is 0 Å². The lowest BCUT2D eigenvalue weighted by Gasteiger charge is -2.01. The molecule has 0 saturated heterocycles. The summed E-state index contributed by atoms with van der Waals surface area (Å²) in [5.74, 6) is 0. The molecule has 0 radical (unpaired) electrons. The molecule has 1 heteroatoms. The molecule has 0 rings (SSSR count). The maximum Gasteiger partial charge on any atom is 0.0912 e. The minimum absolute atomic E-state index is 1.15. The molecule has 0 spiro atoms. The zero-order chi connectivity index (χ0) is 14.0. The quantitative estimate of drug-likeness (QED) is 0.216. The molecule has 0 saturated carbocycles. The van der Waals surface area contributed by atoms with Crippen LogP contribution < -0.4 is 0 Å². The molecule has 0 atom stereocenters. The standard InChI is InChI=1S/C18H31N/c1-2-3-4-5-6-7-8-9-10-11-12-13-14-15-16-17-18-19/h14-17H,2-13H2,1H3. The van der Waals surface area contributed by atoms with Crippen molar-refractivity contribution in [3.63, 3.8) is 0 Å². The molecule has 0 aromatic heterocycles. The largest absolute Gasteiger partial charge is 0.193 e. The van der Waals surface area contributed by atoms with Gasteiger partial charge in [0.05, 0.1) is 6.07 Å². The smallest absolute Gasteiger partial charge is 0.0912 e. The lowest BCUT2D eigenvalue weighted by Crippen LogP contribution is -1.81. The zero-order valence-corrected chi connectivity index (χ0v) is 12.7. The van der Waals surface area contributed by atoms with Gasteiger partial charge in [0, 0.05) is 6.08 Å². The van der Waals surface area contributed by atoms with E-state index in [2.05, 4.69) is 13.0 Å². The van der Waals surface area contributed by atoms with Crippen molar-refractivity contribution in [2.75, 3.05) is 0 Å². The average Bonchev–Trinajstić information content (AvgIpc) is 2.43. The van der Waals surface area contributed by atoms with E-state index in [4.69, 9.17) is 5.26 Å². The van der Waals surface area contributed by atoms with Gasteiger partial charge in [-0.3, -0.25) is 0 Å². The molecule has 1 nitrogen and oxygen atoms in total. The number of hydrogen-bond donors (Lipinski definition) is 0. The topological polar surface area (TPSA) is 23.8 Å². The van der Waals surface area contributed by atoms with Crippen LogP contribution in [0.15, 0.2) is 24.3 Å². The van der Waals surface area contributed by atoms with Gasteiger partial charge in [-0.1, -0.05) is 89.4 Å². The van der Waals surface area contributed by atoms with Crippen molar-refractivity contribution in [2.45, 2.75) is 84.0 Å². The fraction of sp³-hybridized carbons (Fsp3) is 0.722. The summed E-state index contributed by atoms with van der Waals surface area (Å²) in [7, 11) is 0. The minimum atomic E-state index is 1.15. The fourth-order valence-electron chi connectivity index (χ4n) is 2.20. The molecule has 0 N–H and O–H groups in total. The van der Waals surface area contributed by atoms with Gasteiger partial charge in [-0.05, 0) is 12.8 Å². The van der Waals surface area contributed by atoms with E-state index in [1.54, 1.807) is 6.08 Å². The summed E-state index contributed by atoms with van der Waals surface area (Å²) in [4.78, 5) is 0. The molecular weight excluding hydrogens is 230 g/mol. The molecule has 108 valence electrons. The summed E-state index contributed by atoms with van der Waals surface area (Å²) in [6, 6.07) is 1.98. The molecule has 0 heterocycles. The highest BCUT2D eigenvalue weighted by molar-refractivity contribution is 5.11. The Bertz CT molecular complexity index is 257. The summed E-state index contributed by atoms with van der Waals surface area (Å²) in [6.07, 6.45) is 23.9. The number of nitriles is 1. The van der Waals surface area contributed by atoms with Crippen molar-refractivity contribution in [1.82, 2.24) is 0 Å². The average molecular weight is 261 g/mol. The Morgan fingerprint density at radius 1 is 0.737 bits per heavy atom. The van der Waals surface area contributed by atoms with E-state index >= 15 is 0 Å². The number of unbranched alkanes of at least 4 members (excludes halogenated alkanes) is 11. The van der Waals surface area contributed by atoms with Crippen LogP contribution in [0.3, 0.4) is 0 Å². The summed E-state index contributed by atoms with van der Waals surface area (Å²) >= 11 is 0. The normalized spacial score (nSPS) is 11.4. The number of hydrogen-bond acceptors (Lipinski definition) is 1.